The van der Waals surface area contributed by atoms with Gasteiger partial charge in [0.05, 0.1) is 6.10 Å². The van der Waals surface area contributed by atoms with Crippen molar-refractivity contribution >= 4 is 5.97 Å². The second-order valence-electron chi connectivity index (χ2n) is 4.26. The van der Waals surface area contributed by atoms with Crippen LogP contribution in [0, 0.1) is 5.92 Å². The van der Waals surface area contributed by atoms with Gasteiger partial charge < -0.3 is 9.84 Å². The van der Waals surface area contributed by atoms with Crippen LogP contribution in [-0.4, -0.2) is 22.8 Å². The second-order valence-corrected chi connectivity index (χ2v) is 4.26. The summed E-state index contributed by atoms with van der Waals surface area (Å²) in [7, 11) is 0. The van der Waals surface area contributed by atoms with Gasteiger partial charge in [0.15, 0.2) is 5.60 Å². The SMILES string of the molecule is C=C1CC[C@](O)(C(=O)OC(C)C)[C@H]1C. The zero-order chi connectivity index (χ0) is 10.9. The summed E-state index contributed by atoms with van der Waals surface area (Å²) in [6.07, 6.45) is 0.941. The average Bonchev–Trinajstić information content (AvgIpc) is 2.33. The van der Waals surface area contributed by atoms with Gasteiger partial charge in [-0.15, -0.1) is 0 Å². The molecule has 0 spiro atoms. The lowest BCUT2D eigenvalue weighted by Crippen LogP contribution is -2.43. The molecular weight excluding hydrogens is 180 g/mol. The number of carbonyl (C=O) groups excluding carboxylic acids is 1. The van der Waals surface area contributed by atoms with E-state index in [1.807, 2.05) is 6.92 Å². The van der Waals surface area contributed by atoms with E-state index >= 15 is 0 Å². The molecule has 0 bridgehead atoms. The van der Waals surface area contributed by atoms with Crippen molar-refractivity contribution in [1.29, 1.82) is 0 Å². The van der Waals surface area contributed by atoms with Crippen molar-refractivity contribution in [1.82, 2.24) is 0 Å². The molecule has 0 aromatic heterocycles. The Labute approximate surface area is 84.8 Å². The molecule has 1 rings (SSSR count). The summed E-state index contributed by atoms with van der Waals surface area (Å²) < 4.78 is 5.03. The van der Waals surface area contributed by atoms with E-state index < -0.39 is 11.6 Å². The van der Waals surface area contributed by atoms with E-state index in [0.29, 0.717) is 12.8 Å². The largest absolute Gasteiger partial charge is 0.461 e. The van der Waals surface area contributed by atoms with E-state index in [4.69, 9.17) is 4.74 Å². The van der Waals surface area contributed by atoms with Crippen LogP contribution >= 0.6 is 0 Å². The molecule has 0 aromatic rings. The van der Waals surface area contributed by atoms with Crippen molar-refractivity contribution < 1.29 is 14.6 Å². The normalized spacial score (nSPS) is 32.4. The Morgan fingerprint density at radius 1 is 1.71 bits per heavy atom. The van der Waals surface area contributed by atoms with Crippen molar-refractivity contribution in [3.05, 3.63) is 12.2 Å². The van der Waals surface area contributed by atoms with Gasteiger partial charge in [0.25, 0.3) is 0 Å². The number of ether oxygens (including phenoxy) is 1. The van der Waals surface area contributed by atoms with E-state index in [-0.39, 0.29) is 12.0 Å². The van der Waals surface area contributed by atoms with Crippen LogP contribution < -0.4 is 0 Å². The Morgan fingerprint density at radius 2 is 2.29 bits per heavy atom. The van der Waals surface area contributed by atoms with Crippen LogP contribution in [0.15, 0.2) is 12.2 Å². The fraction of sp³-hybridized carbons (Fsp3) is 0.727. The second kappa shape index (κ2) is 3.73. The van der Waals surface area contributed by atoms with E-state index in [9.17, 15) is 9.90 Å². The number of esters is 1. The summed E-state index contributed by atoms with van der Waals surface area (Å²) in [6, 6.07) is 0. The van der Waals surface area contributed by atoms with Crippen LogP contribution in [0.4, 0.5) is 0 Å². The third-order valence-corrected chi connectivity index (χ3v) is 2.85. The van der Waals surface area contributed by atoms with E-state index in [0.717, 1.165) is 5.57 Å². The number of hydrogen-bond donors (Lipinski definition) is 1. The molecule has 2 atom stereocenters. The molecule has 0 aromatic carbocycles. The van der Waals surface area contributed by atoms with Crippen LogP contribution in [0.1, 0.15) is 33.6 Å². The van der Waals surface area contributed by atoms with E-state index in [2.05, 4.69) is 6.58 Å². The van der Waals surface area contributed by atoms with Crippen LogP contribution in [0.2, 0.25) is 0 Å². The summed E-state index contributed by atoms with van der Waals surface area (Å²) in [5, 5.41) is 10.1. The number of aliphatic hydroxyl groups is 1. The number of rotatable bonds is 2. The molecule has 3 nitrogen and oxygen atoms in total. The van der Waals surface area contributed by atoms with Crippen molar-refractivity contribution in [3.8, 4) is 0 Å². The molecule has 14 heavy (non-hydrogen) atoms. The maximum absolute atomic E-state index is 11.6. The smallest absolute Gasteiger partial charge is 0.338 e. The molecular formula is C11H18O3. The highest BCUT2D eigenvalue weighted by Gasteiger charge is 2.48. The molecule has 1 fully saturated rings. The Morgan fingerprint density at radius 3 is 2.64 bits per heavy atom. The maximum Gasteiger partial charge on any atom is 0.338 e. The first kappa shape index (κ1) is 11.2. The quantitative estimate of drug-likeness (QED) is 0.542. The zero-order valence-corrected chi connectivity index (χ0v) is 9.04. The van der Waals surface area contributed by atoms with Crippen molar-refractivity contribution in [2.75, 3.05) is 0 Å². The van der Waals surface area contributed by atoms with Crippen molar-refractivity contribution in [2.24, 2.45) is 5.92 Å². The summed E-state index contributed by atoms with van der Waals surface area (Å²) in [6.45, 7) is 9.19. The lowest BCUT2D eigenvalue weighted by atomic mass is 9.91. The highest BCUT2D eigenvalue weighted by molar-refractivity contribution is 5.81. The predicted molar refractivity (Wildman–Crippen MR) is 53.7 cm³/mol. The first-order valence-corrected chi connectivity index (χ1v) is 4.99. The summed E-state index contributed by atoms with van der Waals surface area (Å²) >= 11 is 0. The van der Waals surface area contributed by atoms with E-state index in [1.165, 1.54) is 0 Å². The third-order valence-electron chi connectivity index (χ3n) is 2.85. The number of hydrogen-bond acceptors (Lipinski definition) is 3. The van der Waals surface area contributed by atoms with Crippen LogP contribution in [0.5, 0.6) is 0 Å². The standard InChI is InChI=1S/C11H18O3/c1-7(2)14-10(12)11(13)6-5-8(3)9(11)4/h7,9,13H,3,5-6H2,1-2,4H3/t9-,11+/m0/s1. The molecule has 3 heteroatoms. The zero-order valence-electron chi connectivity index (χ0n) is 9.04. The minimum absolute atomic E-state index is 0.187. The maximum atomic E-state index is 11.6. The number of carbonyl (C=O) groups is 1. The Bertz CT molecular complexity index is 257. The van der Waals surface area contributed by atoms with Gasteiger partial charge in [0.2, 0.25) is 0 Å². The fourth-order valence-corrected chi connectivity index (χ4v) is 1.72. The highest BCUT2D eigenvalue weighted by atomic mass is 16.6. The fourth-order valence-electron chi connectivity index (χ4n) is 1.72. The monoisotopic (exact) mass is 198 g/mol. The summed E-state index contributed by atoms with van der Waals surface area (Å²) in [5.74, 6) is -0.715. The van der Waals surface area contributed by atoms with Crippen LogP contribution in [-0.2, 0) is 9.53 Å². The minimum atomic E-state index is -1.35. The first-order chi connectivity index (χ1) is 6.38. The minimum Gasteiger partial charge on any atom is -0.461 e. The Hall–Kier alpha value is -0.830. The molecule has 0 heterocycles. The first-order valence-electron chi connectivity index (χ1n) is 4.99. The van der Waals surface area contributed by atoms with Gasteiger partial charge in [0.1, 0.15) is 0 Å². The summed E-state index contributed by atoms with van der Waals surface area (Å²) in [5.41, 5.74) is -0.422. The van der Waals surface area contributed by atoms with E-state index in [1.54, 1.807) is 13.8 Å². The molecule has 1 N–H and O–H groups in total. The lowest BCUT2D eigenvalue weighted by molar-refractivity contribution is -0.172. The van der Waals surface area contributed by atoms with Gasteiger partial charge in [-0.25, -0.2) is 4.79 Å². The third kappa shape index (κ3) is 1.82. The van der Waals surface area contributed by atoms with Crippen molar-refractivity contribution in [3.63, 3.8) is 0 Å². The van der Waals surface area contributed by atoms with Gasteiger partial charge in [-0.3, -0.25) is 0 Å². The van der Waals surface area contributed by atoms with Gasteiger partial charge >= 0.3 is 5.97 Å². The molecule has 80 valence electrons. The predicted octanol–water partition coefficient (Wildman–Crippen LogP) is 1.66. The molecule has 0 aliphatic heterocycles. The van der Waals surface area contributed by atoms with Gasteiger partial charge in [-0.05, 0) is 26.7 Å². The topological polar surface area (TPSA) is 46.5 Å². The molecule has 1 aliphatic carbocycles. The molecule has 0 saturated heterocycles. The average molecular weight is 198 g/mol. The van der Waals surface area contributed by atoms with Crippen LogP contribution in [0.3, 0.4) is 0 Å². The molecule has 1 aliphatic rings. The van der Waals surface area contributed by atoms with Gasteiger partial charge in [-0.1, -0.05) is 19.1 Å². The highest BCUT2D eigenvalue weighted by Crippen LogP contribution is 2.39. The molecule has 0 amide bonds. The Balaban J connectivity index is 2.75. The van der Waals surface area contributed by atoms with Crippen LogP contribution in [0.25, 0.3) is 0 Å². The summed E-state index contributed by atoms with van der Waals surface area (Å²) in [4.78, 5) is 11.6. The Kier molecular flexibility index (Phi) is 3.00. The lowest BCUT2D eigenvalue weighted by Gasteiger charge is -2.26. The molecule has 1 saturated carbocycles. The van der Waals surface area contributed by atoms with Gasteiger partial charge in [0, 0.05) is 5.92 Å². The molecule has 0 unspecified atom stereocenters. The van der Waals surface area contributed by atoms with Crippen molar-refractivity contribution in [2.45, 2.75) is 45.3 Å². The molecule has 0 radical (unpaired) electrons. The van der Waals surface area contributed by atoms with Gasteiger partial charge in [-0.2, -0.15) is 0 Å².